The maximum Gasteiger partial charge on any atom is 0.231 e. The Morgan fingerprint density at radius 2 is 2.22 bits per heavy atom. The van der Waals surface area contributed by atoms with E-state index in [1.165, 1.54) is 0 Å². The molecule has 1 fully saturated rings. The normalized spacial score (nSPS) is 21.1. The molecule has 2 rings (SSSR count). The summed E-state index contributed by atoms with van der Waals surface area (Å²) in [6.45, 7) is 3.19. The summed E-state index contributed by atoms with van der Waals surface area (Å²) in [5, 5.41) is 9.04. The second-order valence-corrected chi connectivity index (χ2v) is 4.38. The largest absolute Gasteiger partial charge is 0.376 e. The van der Waals surface area contributed by atoms with Crippen LogP contribution in [0.3, 0.4) is 0 Å². The number of benzene rings is 1. The standard InChI is InChI=1S/C14H16N2O2/c1-11(12-5-3-2-4-6-12)14(17)16-7-8-18-10-13(16)9-15/h2-6,11,13H,7-8,10H2,1H3. The fourth-order valence-corrected chi connectivity index (χ4v) is 2.11. The predicted octanol–water partition coefficient (Wildman–Crippen LogP) is 1.54. The second kappa shape index (κ2) is 5.65. The van der Waals surface area contributed by atoms with Gasteiger partial charge in [0.25, 0.3) is 0 Å². The first-order valence-corrected chi connectivity index (χ1v) is 6.07. The van der Waals surface area contributed by atoms with Crippen LogP contribution in [-0.2, 0) is 9.53 Å². The van der Waals surface area contributed by atoms with E-state index >= 15 is 0 Å². The lowest BCUT2D eigenvalue weighted by molar-refractivity contribution is -0.139. The van der Waals surface area contributed by atoms with Gasteiger partial charge in [-0.25, -0.2) is 0 Å². The van der Waals surface area contributed by atoms with Crippen LogP contribution in [0.5, 0.6) is 0 Å². The summed E-state index contributed by atoms with van der Waals surface area (Å²) in [5.74, 6) is -0.226. The number of nitrogens with zero attached hydrogens (tertiary/aromatic N) is 2. The molecule has 4 nitrogen and oxygen atoms in total. The second-order valence-electron chi connectivity index (χ2n) is 4.38. The van der Waals surface area contributed by atoms with E-state index in [2.05, 4.69) is 6.07 Å². The van der Waals surface area contributed by atoms with E-state index in [0.717, 1.165) is 5.56 Å². The number of hydrogen-bond donors (Lipinski definition) is 0. The average molecular weight is 244 g/mol. The Labute approximate surface area is 107 Å². The van der Waals surface area contributed by atoms with Crippen LogP contribution < -0.4 is 0 Å². The van der Waals surface area contributed by atoms with Crippen molar-refractivity contribution in [3.8, 4) is 6.07 Å². The predicted molar refractivity (Wildman–Crippen MR) is 66.8 cm³/mol. The van der Waals surface area contributed by atoms with Gasteiger partial charge in [0, 0.05) is 6.54 Å². The summed E-state index contributed by atoms with van der Waals surface area (Å²) in [5.41, 5.74) is 0.977. The van der Waals surface area contributed by atoms with Gasteiger partial charge in [-0.2, -0.15) is 5.26 Å². The van der Waals surface area contributed by atoms with Crippen molar-refractivity contribution in [1.82, 2.24) is 4.90 Å². The molecular formula is C14H16N2O2. The zero-order valence-electron chi connectivity index (χ0n) is 10.4. The Morgan fingerprint density at radius 1 is 1.50 bits per heavy atom. The van der Waals surface area contributed by atoms with Crippen LogP contribution in [0.25, 0.3) is 0 Å². The molecule has 4 heteroatoms. The number of hydrogen-bond acceptors (Lipinski definition) is 3. The summed E-state index contributed by atoms with van der Waals surface area (Å²) >= 11 is 0. The minimum absolute atomic E-state index is 0.00366. The summed E-state index contributed by atoms with van der Waals surface area (Å²) in [6.07, 6.45) is 0. The highest BCUT2D eigenvalue weighted by Crippen LogP contribution is 2.20. The van der Waals surface area contributed by atoms with Crippen molar-refractivity contribution in [2.75, 3.05) is 19.8 Å². The van der Waals surface area contributed by atoms with Gasteiger partial charge in [0.2, 0.25) is 5.91 Å². The molecule has 1 heterocycles. The SMILES string of the molecule is CC(C(=O)N1CCOCC1C#N)c1ccccc1. The van der Waals surface area contributed by atoms with Crippen molar-refractivity contribution in [2.45, 2.75) is 18.9 Å². The van der Waals surface area contributed by atoms with E-state index in [0.29, 0.717) is 19.8 Å². The van der Waals surface area contributed by atoms with Crippen molar-refractivity contribution in [3.63, 3.8) is 0 Å². The lowest BCUT2D eigenvalue weighted by Crippen LogP contribution is -2.49. The van der Waals surface area contributed by atoms with E-state index in [9.17, 15) is 4.79 Å². The van der Waals surface area contributed by atoms with E-state index in [1.54, 1.807) is 4.90 Å². The Balaban J connectivity index is 2.13. The van der Waals surface area contributed by atoms with Crippen LogP contribution in [0.4, 0.5) is 0 Å². The first-order valence-electron chi connectivity index (χ1n) is 6.07. The zero-order chi connectivity index (χ0) is 13.0. The fourth-order valence-electron chi connectivity index (χ4n) is 2.11. The summed E-state index contributed by atoms with van der Waals surface area (Å²) < 4.78 is 5.22. The molecule has 94 valence electrons. The summed E-state index contributed by atoms with van der Waals surface area (Å²) in [7, 11) is 0. The topological polar surface area (TPSA) is 53.3 Å². The molecule has 1 aromatic carbocycles. The number of amides is 1. The highest BCUT2D eigenvalue weighted by molar-refractivity contribution is 5.84. The van der Waals surface area contributed by atoms with E-state index in [4.69, 9.17) is 10.00 Å². The van der Waals surface area contributed by atoms with Crippen molar-refractivity contribution in [3.05, 3.63) is 35.9 Å². The van der Waals surface area contributed by atoms with Gasteiger partial charge in [-0.05, 0) is 12.5 Å². The molecule has 0 aliphatic carbocycles. The molecule has 2 atom stereocenters. The smallest absolute Gasteiger partial charge is 0.231 e. The number of carbonyl (C=O) groups is 1. The van der Waals surface area contributed by atoms with Gasteiger partial charge in [-0.1, -0.05) is 30.3 Å². The Hall–Kier alpha value is -1.86. The van der Waals surface area contributed by atoms with Crippen LogP contribution in [0, 0.1) is 11.3 Å². The van der Waals surface area contributed by atoms with Gasteiger partial charge in [0.05, 0.1) is 25.2 Å². The minimum Gasteiger partial charge on any atom is -0.376 e. The van der Waals surface area contributed by atoms with Crippen LogP contribution in [0.2, 0.25) is 0 Å². The molecule has 0 spiro atoms. The molecule has 2 unspecified atom stereocenters. The highest BCUT2D eigenvalue weighted by atomic mass is 16.5. The zero-order valence-corrected chi connectivity index (χ0v) is 10.4. The van der Waals surface area contributed by atoms with E-state index in [1.807, 2.05) is 37.3 Å². The number of nitriles is 1. The number of rotatable bonds is 2. The molecular weight excluding hydrogens is 228 g/mol. The van der Waals surface area contributed by atoms with Crippen molar-refractivity contribution in [1.29, 1.82) is 5.26 Å². The van der Waals surface area contributed by atoms with Gasteiger partial charge in [-0.3, -0.25) is 4.79 Å². The van der Waals surface area contributed by atoms with Crippen molar-refractivity contribution >= 4 is 5.91 Å². The van der Waals surface area contributed by atoms with Crippen LogP contribution >= 0.6 is 0 Å². The van der Waals surface area contributed by atoms with Crippen LogP contribution in [-0.4, -0.2) is 36.6 Å². The molecule has 18 heavy (non-hydrogen) atoms. The number of ether oxygens (including phenoxy) is 1. The van der Waals surface area contributed by atoms with Crippen molar-refractivity contribution in [2.24, 2.45) is 0 Å². The number of morpholine rings is 1. The van der Waals surface area contributed by atoms with E-state index < -0.39 is 6.04 Å². The van der Waals surface area contributed by atoms with Gasteiger partial charge in [0.15, 0.2) is 0 Å². The Kier molecular flexibility index (Phi) is 3.96. The molecule has 1 amide bonds. The highest BCUT2D eigenvalue weighted by Gasteiger charge is 2.30. The molecule has 1 aliphatic heterocycles. The third-order valence-corrected chi connectivity index (χ3v) is 3.23. The lowest BCUT2D eigenvalue weighted by Gasteiger charge is -2.33. The van der Waals surface area contributed by atoms with Crippen LogP contribution in [0.15, 0.2) is 30.3 Å². The molecule has 1 saturated heterocycles. The molecule has 1 aliphatic rings. The lowest BCUT2D eigenvalue weighted by atomic mass is 9.99. The molecule has 0 saturated carbocycles. The molecule has 0 N–H and O–H groups in total. The van der Waals surface area contributed by atoms with Gasteiger partial charge in [0.1, 0.15) is 6.04 Å². The summed E-state index contributed by atoms with van der Waals surface area (Å²) in [4.78, 5) is 14.0. The first kappa shape index (κ1) is 12.6. The van der Waals surface area contributed by atoms with Crippen molar-refractivity contribution < 1.29 is 9.53 Å². The molecule has 0 bridgehead atoms. The maximum absolute atomic E-state index is 12.4. The average Bonchev–Trinajstić information content (AvgIpc) is 2.46. The quantitative estimate of drug-likeness (QED) is 0.793. The third kappa shape index (κ3) is 2.52. The van der Waals surface area contributed by atoms with Gasteiger partial charge < -0.3 is 9.64 Å². The minimum atomic E-state index is -0.461. The maximum atomic E-state index is 12.4. The first-order chi connectivity index (χ1) is 8.74. The Morgan fingerprint density at radius 3 is 2.89 bits per heavy atom. The van der Waals surface area contributed by atoms with Crippen LogP contribution in [0.1, 0.15) is 18.4 Å². The molecule has 0 aromatic heterocycles. The van der Waals surface area contributed by atoms with E-state index in [-0.39, 0.29) is 11.8 Å². The Bertz CT molecular complexity index is 453. The number of carbonyl (C=O) groups excluding carboxylic acids is 1. The van der Waals surface area contributed by atoms with Gasteiger partial charge in [-0.15, -0.1) is 0 Å². The summed E-state index contributed by atoms with van der Waals surface area (Å²) in [6, 6.07) is 11.3. The third-order valence-electron chi connectivity index (χ3n) is 3.23. The fraction of sp³-hybridized carbons (Fsp3) is 0.429. The monoisotopic (exact) mass is 244 g/mol. The molecule has 1 aromatic rings. The van der Waals surface area contributed by atoms with Gasteiger partial charge >= 0.3 is 0 Å². The molecule has 0 radical (unpaired) electrons.